The zero-order valence-corrected chi connectivity index (χ0v) is 13.2. The number of benzene rings is 2. The molecule has 1 amide bonds. The SMILES string of the molecule is CCN(CC(=O)Nc1ccccc1CN)c1ccccc1C. The van der Waals surface area contributed by atoms with E-state index in [0.29, 0.717) is 13.1 Å². The molecule has 0 aromatic heterocycles. The molecule has 0 fully saturated rings. The first-order valence-corrected chi connectivity index (χ1v) is 7.54. The first-order chi connectivity index (χ1) is 10.7. The highest BCUT2D eigenvalue weighted by molar-refractivity contribution is 5.94. The number of nitrogens with zero attached hydrogens (tertiary/aromatic N) is 1. The number of likely N-dealkylation sites (N-methyl/N-ethyl adjacent to an activating group) is 1. The Morgan fingerprint density at radius 2 is 1.82 bits per heavy atom. The van der Waals surface area contributed by atoms with Crippen molar-refractivity contribution < 1.29 is 4.79 Å². The second-order valence-electron chi connectivity index (χ2n) is 5.21. The summed E-state index contributed by atoms with van der Waals surface area (Å²) in [5.41, 5.74) is 9.69. The van der Waals surface area contributed by atoms with Crippen LogP contribution in [-0.2, 0) is 11.3 Å². The number of para-hydroxylation sites is 2. The number of nitrogens with two attached hydrogens (primary N) is 1. The maximum atomic E-state index is 12.3. The molecule has 0 unspecified atom stereocenters. The van der Waals surface area contributed by atoms with Crippen LogP contribution < -0.4 is 16.0 Å². The second-order valence-corrected chi connectivity index (χ2v) is 5.21. The summed E-state index contributed by atoms with van der Waals surface area (Å²) in [6.07, 6.45) is 0. The minimum absolute atomic E-state index is 0.0361. The van der Waals surface area contributed by atoms with Crippen molar-refractivity contribution in [2.75, 3.05) is 23.3 Å². The fourth-order valence-electron chi connectivity index (χ4n) is 2.47. The van der Waals surface area contributed by atoms with Crippen molar-refractivity contribution >= 4 is 17.3 Å². The van der Waals surface area contributed by atoms with Gasteiger partial charge in [0.2, 0.25) is 5.91 Å². The van der Waals surface area contributed by atoms with Crippen LogP contribution in [0.5, 0.6) is 0 Å². The molecule has 2 aromatic carbocycles. The Labute approximate surface area is 131 Å². The third-order valence-corrected chi connectivity index (χ3v) is 3.68. The van der Waals surface area contributed by atoms with E-state index in [1.807, 2.05) is 49.4 Å². The van der Waals surface area contributed by atoms with Crippen LogP contribution in [0.4, 0.5) is 11.4 Å². The van der Waals surface area contributed by atoms with Gasteiger partial charge in [-0.1, -0.05) is 36.4 Å². The normalized spacial score (nSPS) is 10.3. The van der Waals surface area contributed by atoms with Crippen LogP contribution in [0.3, 0.4) is 0 Å². The van der Waals surface area contributed by atoms with Crippen LogP contribution in [0.25, 0.3) is 0 Å². The van der Waals surface area contributed by atoms with Gasteiger partial charge in [-0.25, -0.2) is 0 Å². The maximum Gasteiger partial charge on any atom is 0.243 e. The quantitative estimate of drug-likeness (QED) is 0.862. The van der Waals surface area contributed by atoms with E-state index < -0.39 is 0 Å². The van der Waals surface area contributed by atoms with Crippen LogP contribution in [0.1, 0.15) is 18.1 Å². The van der Waals surface area contributed by atoms with Crippen molar-refractivity contribution in [3.63, 3.8) is 0 Å². The average Bonchev–Trinajstić information content (AvgIpc) is 2.54. The average molecular weight is 297 g/mol. The minimum atomic E-state index is -0.0361. The molecular formula is C18H23N3O. The smallest absolute Gasteiger partial charge is 0.243 e. The van der Waals surface area contributed by atoms with E-state index in [0.717, 1.165) is 23.5 Å². The lowest BCUT2D eigenvalue weighted by Gasteiger charge is -2.24. The van der Waals surface area contributed by atoms with E-state index in [2.05, 4.69) is 23.2 Å². The summed E-state index contributed by atoms with van der Waals surface area (Å²) >= 11 is 0. The molecule has 2 rings (SSSR count). The van der Waals surface area contributed by atoms with E-state index in [9.17, 15) is 4.79 Å². The Balaban J connectivity index is 2.08. The van der Waals surface area contributed by atoms with Crippen molar-refractivity contribution in [1.29, 1.82) is 0 Å². The molecule has 0 aliphatic rings. The number of carbonyl (C=O) groups excluding carboxylic acids is 1. The predicted octanol–water partition coefficient (Wildman–Crippen LogP) is 2.92. The first kappa shape index (κ1) is 16.0. The van der Waals surface area contributed by atoms with E-state index in [1.165, 1.54) is 5.56 Å². The number of aryl methyl sites for hydroxylation is 1. The van der Waals surface area contributed by atoms with Gasteiger partial charge in [0.15, 0.2) is 0 Å². The third-order valence-electron chi connectivity index (χ3n) is 3.68. The second kappa shape index (κ2) is 7.61. The van der Waals surface area contributed by atoms with Crippen LogP contribution >= 0.6 is 0 Å². The highest BCUT2D eigenvalue weighted by Gasteiger charge is 2.12. The highest BCUT2D eigenvalue weighted by atomic mass is 16.2. The van der Waals surface area contributed by atoms with Gasteiger partial charge in [0, 0.05) is 24.5 Å². The summed E-state index contributed by atoms with van der Waals surface area (Å²) in [7, 11) is 0. The van der Waals surface area contributed by atoms with E-state index in [-0.39, 0.29) is 5.91 Å². The van der Waals surface area contributed by atoms with Crippen LogP contribution in [0, 0.1) is 6.92 Å². The summed E-state index contributed by atoms with van der Waals surface area (Å²) in [6, 6.07) is 15.7. The summed E-state index contributed by atoms with van der Waals surface area (Å²) in [5, 5.41) is 2.95. The number of anilines is 2. The fourth-order valence-corrected chi connectivity index (χ4v) is 2.47. The molecule has 4 nitrogen and oxygen atoms in total. The Kier molecular flexibility index (Phi) is 5.55. The van der Waals surface area contributed by atoms with Crippen molar-refractivity contribution in [2.45, 2.75) is 20.4 Å². The number of hydrogen-bond acceptors (Lipinski definition) is 3. The van der Waals surface area contributed by atoms with Crippen molar-refractivity contribution in [1.82, 2.24) is 0 Å². The number of hydrogen-bond donors (Lipinski definition) is 2. The number of amides is 1. The molecule has 4 heteroatoms. The van der Waals surface area contributed by atoms with Gasteiger partial charge >= 0.3 is 0 Å². The molecule has 0 saturated heterocycles. The number of carbonyl (C=O) groups is 1. The monoisotopic (exact) mass is 297 g/mol. The van der Waals surface area contributed by atoms with Gasteiger partial charge < -0.3 is 16.0 Å². The molecule has 0 saturated carbocycles. The Morgan fingerprint density at radius 1 is 1.14 bits per heavy atom. The van der Waals surface area contributed by atoms with Crippen LogP contribution in [-0.4, -0.2) is 19.0 Å². The van der Waals surface area contributed by atoms with Gasteiger partial charge in [0.25, 0.3) is 0 Å². The molecule has 0 spiro atoms. The zero-order valence-electron chi connectivity index (χ0n) is 13.2. The summed E-state index contributed by atoms with van der Waals surface area (Å²) in [4.78, 5) is 14.4. The molecule has 0 aliphatic heterocycles. The number of nitrogens with one attached hydrogen (secondary N) is 1. The van der Waals surface area contributed by atoms with Crippen molar-refractivity contribution in [3.05, 3.63) is 59.7 Å². The van der Waals surface area contributed by atoms with E-state index in [4.69, 9.17) is 5.73 Å². The van der Waals surface area contributed by atoms with E-state index >= 15 is 0 Å². The number of rotatable bonds is 6. The molecule has 0 atom stereocenters. The van der Waals surface area contributed by atoms with Gasteiger partial charge in [0.05, 0.1) is 6.54 Å². The Bertz CT molecular complexity index is 640. The Morgan fingerprint density at radius 3 is 2.50 bits per heavy atom. The molecule has 0 radical (unpaired) electrons. The first-order valence-electron chi connectivity index (χ1n) is 7.54. The van der Waals surface area contributed by atoms with Crippen LogP contribution in [0.2, 0.25) is 0 Å². The highest BCUT2D eigenvalue weighted by Crippen LogP contribution is 2.19. The molecule has 22 heavy (non-hydrogen) atoms. The minimum Gasteiger partial charge on any atom is -0.362 e. The molecule has 0 heterocycles. The Hall–Kier alpha value is -2.33. The standard InChI is InChI=1S/C18H23N3O/c1-3-21(17-11-7-4-8-14(17)2)13-18(22)20-16-10-6-5-9-15(16)12-19/h4-11H,3,12-13,19H2,1-2H3,(H,20,22). The molecule has 0 aliphatic carbocycles. The van der Waals surface area contributed by atoms with E-state index in [1.54, 1.807) is 0 Å². The molecule has 0 bridgehead atoms. The lowest BCUT2D eigenvalue weighted by molar-refractivity contribution is -0.115. The summed E-state index contributed by atoms with van der Waals surface area (Å²) in [5.74, 6) is -0.0361. The maximum absolute atomic E-state index is 12.3. The molecule has 3 N–H and O–H groups in total. The summed E-state index contributed by atoms with van der Waals surface area (Å²) < 4.78 is 0. The molecule has 2 aromatic rings. The van der Waals surface area contributed by atoms with Crippen LogP contribution in [0.15, 0.2) is 48.5 Å². The zero-order chi connectivity index (χ0) is 15.9. The lowest BCUT2D eigenvalue weighted by atomic mass is 10.1. The molecule has 116 valence electrons. The largest absolute Gasteiger partial charge is 0.362 e. The summed E-state index contributed by atoms with van der Waals surface area (Å²) in [6.45, 7) is 5.61. The van der Waals surface area contributed by atoms with Crippen molar-refractivity contribution in [3.8, 4) is 0 Å². The topological polar surface area (TPSA) is 58.4 Å². The van der Waals surface area contributed by atoms with Crippen molar-refractivity contribution in [2.24, 2.45) is 5.73 Å². The molecular weight excluding hydrogens is 274 g/mol. The third kappa shape index (κ3) is 3.86. The van der Waals surface area contributed by atoms with Gasteiger partial charge in [-0.15, -0.1) is 0 Å². The predicted molar refractivity (Wildman–Crippen MR) is 92.0 cm³/mol. The van der Waals surface area contributed by atoms with Gasteiger partial charge in [-0.05, 0) is 37.1 Å². The fraction of sp³-hybridized carbons (Fsp3) is 0.278. The lowest BCUT2D eigenvalue weighted by Crippen LogP contribution is -2.33. The van der Waals surface area contributed by atoms with Gasteiger partial charge in [-0.2, -0.15) is 0 Å². The van der Waals surface area contributed by atoms with Gasteiger partial charge in [-0.3, -0.25) is 4.79 Å². The van der Waals surface area contributed by atoms with Gasteiger partial charge in [0.1, 0.15) is 0 Å².